The van der Waals surface area contributed by atoms with Gasteiger partial charge in [0.15, 0.2) is 0 Å². The van der Waals surface area contributed by atoms with E-state index in [1.165, 1.54) is 0 Å². The summed E-state index contributed by atoms with van der Waals surface area (Å²) in [6.07, 6.45) is 0.310. The summed E-state index contributed by atoms with van der Waals surface area (Å²) in [6.45, 7) is 1.87. The zero-order chi connectivity index (χ0) is 20.1. The van der Waals surface area contributed by atoms with Crippen molar-refractivity contribution in [2.45, 2.75) is 37.5 Å². The Bertz CT molecular complexity index is 854. The third-order valence-corrected chi connectivity index (χ3v) is 4.71. The summed E-state index contributed by atoms with van der Waals surface area (Å²) in [5, 5.41) is 17.2. The fourth-order valence-electron chi connectivity index (χ4n) is 3.04. The van der Waals surface area contributed by atoms with E-state index in [0.29, 0.717) is 6.42 Å². The second kappa shape index (κ2) is 10.5. The predicted octanol–water partition coefficient (Wildman–Crippen LogP) is -1.87. The van der Waals surface area contributed by atoms with E-state index in [9.17, 15) is 14.4 Å². The molecular weight excluding hydrogens is 381 g/mol. The molecule has 1 heterocycles. The molecule has 0 bridgehead atoms. The molecule has 0 aliphatic carbocycles. The van der Waals surface area contributed by atoms with E-state index in [2.05, 4.69) is 16.0 Å². The van der Waals surface area contributed by atoms with Gasteiger partial charge in [-0.3, -0.25) is 19.7 Å². The number of hydrogen-bond donors (Lipinski definition) is 4. The third kappa shape index (κ3) is 6.40. The topological polar surface area (TPSA) is 117 Å². The van der Waals surface area contributed by atoms with Gasteiger partial charge in [-0.1, -0.05) is 60.7 Å². The largest absolute Gasteiger partial charge is 1.00 e. The zero-order valence-electron chi connectivity index (χ0n) is 17.5. The van der Waals surface area contributed by atoms with Crippen molar-refractivity contribution in [2.75, 3.05) is 0 Å². The number of carbonyl (C=O) groups excluding carboxylic acids is 2. The number of carbonyl (C=O) groups is 3. The number of nitrogens with one attached hydrogen (secondary N) is 3. The molecule has 8 heteroatoms. The van der Waals surface area contributed by atoms with E-state index >= 15 is 0 Å². The molecule has 7 nitrogen and oxygen atoms in total. The van der Waals surface area contributed by atoms with Crippen LogP contribution in [0.5, 0.6) is 0 Å². The number of aliphatic carboxylic acids is 1. The fourth-order valence-corrected chi connectivity index (χ4v) is 3.04. The van der Waals surface area contributed by atoms with Gasteiger partial charge in [0, 0.05) is 6.42 Å². The normalized spacial score (nSPS) is 19.2. The van der Waals surface area contributed by atoms with Gasteiger partial charge < -0.3 is 17.2 Å². The fraction of sp³-hybridized carbons (Fsp3) is 0.286. The molecule has 2 aromatic carbocycles. The van der Waals surface area contributed by atoms with E-state index in [4.69, 9.17) is 5.11 Å². The minimum atomic E-state index is -1.08. The minimum absolute atomic E-state index is 0. The van der Waals surface area contributed by atoms with E-state index in [0.717, 1.165) is 11.1 Å². The Kier molecular flexibility index (Phi) is 8.40. The Labute approximate surface area is 193 Å². The molecule has 2 amide bonds. The second-order valence-corrected chi connectivity index (χ2v) is 6.85. The molecule has 148 valence electrons. The van der Waals surface area contributed by atoms with Gasteiger partial charge in [0.05, 0.1) is 6.04 Å². The van der Waals surface area contributed by atoms with Crippen LogP contribution in [-0.4, -0.2) is 41.0 Å². The smallest absolute Gasteiger partial charge is 1.00 e. The molecule has 29 heavy (non-hydrogen) atoms. The first kappa shape index (κ1) is 23.1. The Hall–Kier alpha value is -2.19. The van der Waals surface area contributed by atoms with Crippen molar-refractivity contribution < 1.29 is 50.5 Å². The van der Waals surface area contributed by atoms with E-state index in [-0.39, 0.29) is 42.9 Å². The SMILES string of the molecule is CC(NC(=O)[C@H](Cc1ccccc1)NC(=O)[C@H]1N[C@@H]1C(=O)O)c1ccccc1.[H-].[Na+]. The van der Waals surface area contributed by atoms with Crippen LogP contribution >= 0.6 is 0 Å². The van der Waals surface area contributed by atoms with Crippen LogP contribution in [0.25, 0.3) is 0 Å². The van der Waals surface area contributed by atoms with Gasteiger partial charge >= 0.3 is 35.5 Å². The van der Waals surface area contributed by atoms with Gasteiger partial charge in [0.1, 0.15) is 18.1 Å². The van der Waals surface area contributed by atoms with Crippen LogP contribution in [0.2, 0.25) is 0 Å². The van der Waals surface area contributed by atoms with E-state index < -0.39 is 30.0 Å². The number of rotatable bonds is 8. The zero-order valence-corrected chi connectivity index (χ0v) is 18.5. The van der Waals surface area contributed by atoms with Gasteiger partial charge in [-0.2, -0.15) is 0 Å². The second-order valence-electron chi connectivity index (χ2n) is 6.85. The van der Waals surface area contributed by atoms with Crippen molar-refractivity contribution in [3.8, 4) is 0 Å². The average Bonchev–Trinajstić information content (AvgIpc) is 3.50. The van der Waals surface area contributed by atoms with Gasteiger partial charge in [-0.15, -0.1) is 0 Å². The van der Waals surface area contributed by atoms with Crippen molar-refractivity contribution in [1.29, 1.82) is 0 Å². The molecule has 1 aliphatic heterocycles. The van der Waals surface area contributed by atoms with Crippen molar-refractivity contribution in [3.05, 3.63) is 71.8 Å². The van der Waals surface area contributed by atoms with Crippen LogP contribution in [0.3, 0.4) is 0 Å². The molecule has 2 aromatic rings. The van der Waals surface area contributed by atoms with Crippen LogP contribution in [0.15, 0.2) is 60.7 Å². The first-order valence-corrected chi connectivity index (χ1v) is 9.14. The number of benzene rings is 2. The maximum atomic E-state index is 12.9. The van der Waals surface area contributed by atoms with Gasteiger partial charge in [-0.05, 0) is 18.1 Å². The first-order chi connectivity index (χ1) is 13.5. The number of carboxylic acids is 1. The molecular formula is C21H24N3NaO4. The average molecular weight is 405 g/mol. The van der Waals surface area contributed by atoms with E-state index in [1.807, 2.05) is 67.6 Å². The van der Waals surface area contributed by atoms with E-state index in [1.54, 1.807) is 0 Å². The summed E-state index contributed by atoms with van der Waals surface area (Å²) in [5.74, 6) is -1.89. The summed E-state index contributed by atoms with van der Waals surface area (Å²) >= 11 is 0. The molecule has 0 radical (unpaired) electrons. The molecule has 1 saturated heterocycles. The Morgan fingerprint density at radius 3 is 2.14 bits per heavy atom. The summed E-state index contributed by atoms with van der Waals surface area (Å²) in [6, 6.07) is 16.1. The summed E-state index contributed by atoms with van der Waals surface area (Å²) < 4.78 is 0. The Balaban J connectivity index is 0.00000225. The van der Waals surface area contributed by atoms with Crippen LogP contribution in [0.4, 0.5) is 0 Å². The van der Waals surface area contributed by atoms with Crippen LogP contribution < -0.4 is 45.5 Å². The van der Waals surface area contributed by atoms with Gasteiger partial charge in [0.25, 0.3) is 0 Å². The van der Waals surface area contributed by atoms with Crippen LogP contribution in [-0.2, 0) is 20.8 Å². The third-order valence-electron chi connectivity index (χ3n) is 4.71. The number of hydrogen-bond acceptors (Lipinski definition) is 4. The number of carboxylic acid groups (broad SMARTS) is 1. The number of amides is 2. The minimum Gasteiger partial charge on any atom is -1.00 e. The molecule has 0 aromatic heterocycles. The Morgan fingerprint density at radius 1 is 1.00 bits per heavy atom. The molecule has 1 unspecified atom stereocenters. The van der Waals surface area contributed by atoms with Crippen LogP contribution in [0, 0.1) is 0 Å². The van der Waals surface area contributed by atoms with Crippen molar-refractivity contribution >= 4 is 17.8 Å². The summed E-state index contributed by atoms with van der Waals surface area (Å²) in [4.78, 5) is 36.2. The molecule has 4 atom stereocenters. The van der Waals surface area contributed by atoms with Crippen LogP contribution in [0.1, 0.15) is 25.5 Å². The Morgan fingerprint density at radius 2 is 1.59 bits per heavy atom. The molecule has 1 aliphatic rings. The maximum absolute atomic E-state index is 12.9. The standard InChI is InChI=1S/C21H23N3O4.Na.H/c1-13(15-10-6-3-7-11-15)22-19(25)16(12-14-8-4-2-5-9-14)23-20(26)17-18(24-17)21(27)28;;/h2-11,13,16-18,24H,12H2,1H3,(H,22,25)(H,23,26)(H,27,28);;/q;+1;-1/t13?,16-,17-,18-;;/m0../s1. The van der Waals surface area contributed by atoms with Gasteiger partial charge in [-0.25, -0.2) is 0 Å². The molecule has 0 spiro atoms. The van der Waals surface area contributed by atoms with Gasteiger partial charge in [0.2, 0.25) is 11.8 Å². The molecule has 4 N–H and O–H groups in total. The molecule has 1 fully saturated rings. The monoisotopic (exact) mass is 405 g/mol. The summed E-state index contributed by atoms with van der Waals surface area (Å²) in [5.41, 5.74) is 1.85. The molecule has 3 rings (SSSR count). The van der Waals surface area contributed by atoms with Crippen molar-refractivity contribution in [3.63, 3.8) is 0 Å². The summed E-state index contributed by atoms with van der Waals surface area (Å²) in [7, 11) is 0. The van der Waals surface area contributed by atoms with Crippen molar-refractivity contribution in [1.82, 2.24) is 16.0 Å². The van der Waals surface area contributed by atoms with Crippen molar-refractivity contribution in [2.24, 2.45) is 0 Å². The molecule has 0 saturated carbocycles. The predicted molar refractivity (Wildman–Crippen MR) is 105 cm³/mol. The quantitative estimate of drug-likeness (QED) is 0.303. The first-order valence-electron chi connectivity index (χ1n) is 9.14. The maximum Gasteiger partial charge on any atom is 1.00 e.